The van der Waals surface area contributed by atoms with Crippen LogP contribution in [0.3, 0.4) is 0 Å². The molecule has 1 aromatic heterocycles. The van der Waals surface area contributed by atoms with Gasteiger partial charge >= 0.3 is 6.18 Å². The minimum absolute atomic E-state index is 0.103. The van der Waals surface area contributed by atoms with E-state index < -0.39 is 12.7 Å². The second-order valence-electron chi connectivity index (χ2n) is 7.28. The lowest BCUT2D eigenvalue weighted by Crippen LogP contribution is -2.53. The number of aryl methyl sites for hydroxylation is 1. The van der Waals surface area contributed by atoms with Gasteiger partial charge in [-0.05, 0) is 38.8 Å². The smallest absolute Gasteiger partial charge is 0.350 e. The van der Waals surface area contributed by atoms with Crippen LogP contribution in [0.25, 0.3) is 0 Å². The first-order valence-electron chi connectivity index (χ1n) is 9.13. The number of halogens is 3. The molecule has 26 heavy (non-hydrogen) atoms. The van der Waals surface area contributed by atoms with Crippen molar-refractivity contribution in [3.8, 4) is 0 Å². The average Bonchev–Trinajstić information content (AvgIpc) is 2.58. The van der Waals surface area contributed by atoms with E-state index >= 15 is 0 Å². The molecule has 0 radical (unpaired) electrons. The molecule has 0 aromatic carbocycles. The van der Waals surface area contributed by atoms with Crippen molar-refractivity contribution in [3.05, 3.63) is 22.7 Å². The van der Waals surface area contributed by atoms with Gasteiger partial charge in [-0.15, -0.1) is 0 Å². The predicted octanol–water partition coefficient (Wildman–Crippen LogP) is 1.37. The van der Waals surface area contributed by atoms with Gasteiger partial charge in [-0.3, -0.25) is 9.69 Å². The Bertz CT molecular complexity index is 655. The van der Waals surface area contributed by atoms with Crippen LogP contribution in [0.4, 0.5) is 19.0 Å². The van der Waals surface area contributed by atoms with Crippen LogP contribution in [0.1, 0.15) is 25.7 Å². The number of nitrogens with zero attached hydrogens (tertiary/aromatic N) is 4. The number of alkyl halides is 3. The lowest BCUT2D eigenvalue weighted by atomic mass is 10.00. The fourth-order valence-electron chi connectivity index (χ4n) is 3.85. The van der Waals surface area contributed by atoms with Gasteiger partial charge in [0.15, 0.2) is 5.82 Å². The van der Waals surface area contributed by atoms with Crippen LogP contribution >= 0.6 is 0 Å². The Kier molecular flexibility index (Phi) is 5.86. The predicted molar refractivity (Wildman–Crippen MR) is 93.4 cm³/mol. The van der Waals surface area contributed by atoms with Gasteiger partial charge in [0, 0.05) is 44.6 Å². The number of likely N-dealkylation sites (tertiary alicyclic amines) is 1. The number of anilines is 1. The molecule has 0 bridgehead atoms. The number of nitrogens with one attached hydrogen (secondary N) is 1. The molecule has 0 aliphatic carbocycles. The summed E-state index contributed by atoms with van der Waals surface area (Å²) in [5.74, 6) is 0.474. The molecule has 0 saturated carbocycles. The Labute approximate surface area is 151 Å². The van der Waals surface area contributed by atoms with E-state index in [0.29, 0.717) is 25.5 Å². The molecule has 2 saturated heterocycles. The van der Waals surface area contributed by atoms with E-state index in [1.54, 1.807) is 19.4 Å². The van der Waals surface area contributed by atoms with Crippen molar-refractivity contribution in [1.29, 1.82) is 0 Å². The van der Waals surface area contributed by atoms with Crippen molar-refractivity contribution in [2.75, 3.05) is 37.6 Å². The lowest BCUT2D eigenvalue weighted by Gasteiger charge is -2.38. The molecule has 9 heteroatoms. The monoisotopic (exact) mass is 373 g/mol. The standard InChI is InChI=1S/C17H26F3N5O/c1-23-10-6-21-15(16(23)26)25-7-2-3-14(11-25)22-13-4-8-24(9-5-13)12-17(18,19)20/h6,10,13-14,22H,2-5,7-9,11-12H2,1H3/t14-/m1/s1. The Morgan fingerprint density at radius 1 is 1.19 bits per heavy atom. The fourth-order valence-corrected chi connectivity index (χ4v) is 3.85. The van der Waals surface area contributed by atoms with Crippen LogP contribution < -0.4 is 15.8 Å². The SMILES string of the molecule is Cn1ccnc(N2CCC[C@@H](NC3CCN(CC(F)(F)F)CC3)C2)c1=O. The van der Waals surface area contributed by atoms with Crippen LogP contribution in [0, 0.1) is 0 Å². The molecule has 1 N–H and O–H groups in total. The topological polar surface area (TPSA) is 53.4 Å². The summed E-state index contributed by atoms with van der Waals surface area (Å²) in [7, 11) is 1.71. The van der Waals surface area contributed by atoms with Gasteiger partial charge in [0.25, 0.3) is 5.56 Å². The Balaban J connectivity index is 1.52. The van der Waals surface area contributed by atoms with Gasteiger partial charge in [-0.2, -0.15) is 13.2 Å². The van der Waals surface area contributed by atoms with E-state index in [2.05, 4.69) is 10.3 Å². The molecule has 1 aromatic rings. The first-order valence-corrected chi connectivity index (χ1v) is 9.13. The quantitative estimate of drug-likeness (QED) is 0.864. The summed E-state index contributed by atoms with van der Waals surface area (Å²) in [6, 6.07) is 0.464. The third-order valence-corrected chi connectivity index (χ3v) is 5.18. The van der Waals surface area contributed by atoms with Crippen LogP contribution in [0.2, 0.25) is 0 Å². The van der Waals surface area contributed by atoms with Gasteiger partial charge < -0.3 is 14.8 Å². The molecular formula is C17H26F3N5O. The molecule has 0 unspecified atom stereocenters. The molecule has 0 amide bonds. The summed E-state index contributed by atoms with van der Waals surface area (Å²) in [4.78, 5) is 20.0. The number of aromatic nitrogens is 2. The maximum Gasteiger partial charge on any atom is 0.401 e. The van der Waals surface area contributed by atoms with Crippen molar-refractivity contribution in [2.24, 2.45) is 7.05 Å². The molecule has 0 spiro atoms. The maximum atomic E-state index is 12.5. The van der Waals surface area contributed by atoms with E-state index in [-0.39, 0.29) is 17.6 Å². The summed E-state index contributed by atoms with van der Waals surface area (Å²) < 4.78 is 39.0. The zero-order valence-electron chi connectivity index (χ0n) is 15.0. The van der Waals surface area contributed by atoms with E-state index in [4.69, 9.17) is 0 Å². The highest BCUT2D eigenvalue weighted by Gasteiger charge is 2.33. The van der Waals surface area contributed by atoms with Crippen molar-refractivity contribution in [3.63, 3.8) is 0 Å². The third-order valence-electron chi connectivity index (χ3n) is 5.18. The third kappa shape index (κ3) is 4.97. The normalized spacial score (nSPS) is 23.4. The summed E-state index contributed by atoms with van der Waals surface area (Å²) in [6.45, 7) is 1.62. The molecular weight excluding hydrogens is 347 g/mol. The zero-order chi connectivity index (χ0) is 18.7. The molecule has 2 aliphatic heterocycles. The first kappa shape index (κ1) is 19.2. The first-order chi connectivity index (χ1) is 12.3. The molecule has 146 valence electrons. The van der Waals surface area contributed by atoms with Crippen molar-refractivity contribution >= 4 is 5.82 Å². The molecule has 2 aliphatic rings. The fraction of sp³-hybridized carbons (Fsp3) is 0.765. The molecule has 3 heterocycles. The number of rotatable bonds is 4. The number of hydrogen-bond acceptors (Lipinski definition) is 5. The Hall–Kier alpha value is -1.61. The molecule has 6 nitrogen and oxygen atoms in total. The lowest BCUT2D eigenvalue weighted by molar-refractivity contribution is -0.148. The Morgan fingerprint density at radius 2 is 1.92 bits per heavy atom. The van der Waals surface area contributed by atoms with Gasteiger partial charge in [0.1, 0.15) is 0 Å². The summed E-state index contributed by atoms with van der Waals surface area (Å²) in [6.07, 6.45) is 2.55. The van der Waals surface area contributed by atoms with E-state index in [0.717, 1.165) is 32.2 Å². The maximum absolute atomic E-state index is 12.5. The minimum Gasteiger partial charge on any atom is -0.350 e. The van der Waals surface area contributed by atoms with E-state index in [9.17, 15) is 18.0 Å². The zero-order valence-corrected chi connectivity index (χ0v) is 15.0. The number of piperidine rings is 2. The second-order valence-corrected chi connectivity index (χ2v) is 7.28. The van der Waals surface area contributed by atoms with Gasteiger partial charge in [-0.25, -0.2) is 4.98 Å². The summed E-state index contributed by atoms with van der Waals surface area (Å²) in [5, 5.41) is 3.59. The Morgan fingerprint density at radius 3 is 2.62 bits per heavy atom. The van der Waals surface area contributed by atoms with E-state index in [1.165, 1.54) is 9.47 Å². The summed E-state index contributed by atoms with van der Waals surface area (Å²) >= 11 is 0. The van der Waals surface area contributed by atoms with Crippen molar-refractivity contribution in [1.82, 2.24) is 19.8 Å². The molecule has 3 rings (SSSR count). The highest BCUT2D eigenvalue weighted by atomic mass is 19.4. The largest absolute Gasteiger partial charge is 0.401 e. The minimum atomic E-state index is -4.13. The van der Waals surface area contributed by atoms with Crippen LogP contribution in [-0.4, -0.2) is 65.4 Å². The van der Waals surface area contributed by atoms with Crippen molar-refractivity contribution in [2.45, 2.75) is 43.9 Å². The van der Waals surface area contributed by atoms with Gasteiger partial charge in [0.2, 0.25) is 0 Å². The van der Waals surface area contributed by atoms with E-state index in [1.807, 2.05) is 4.90 Å². The average molecular weight is 373 g/mol. The van der Waals surface area contributed by atoms with Crippen LogP contribution in [0.15, 0.2) is 17.2 Å². The molecule has 1 atom stereocenters. The second kappa shape index (κ2) is 7.96. The number of hydrogen-bond donors (Lipinski definition) is 1. The van der Waals surface area contributed by atoms with Crippen LogP contribution in [0.5, 0.6) is 0 Å². The van der Waals surface area contributed by atoms with Crippen LogP contribution in [-0.2, 0) is 7.05 Å². The van der Waals surface area contributed by atoms with Crippen molar-refractivity contribution < 1.29 is 13.2 Å². The van der Waals surface area contributed by atoms with Gasteiger partial charge in [-0.1, -0.05) is 0 Å². The molecule has 2 fully saturated rings. The summed E-state index contributed by atoms with van der Waals surface area (Å²) in [5.41, 5.74) is -0.103. The van der Waals surface area contributed by atoms with Gasteiger partial charge in [0.05, 0.1) is 6.54 Å². The highest BCUT2D eigenvalue weighted by Crippen LogP contribution is 2.21. The highest BCUT2D eigenvalue weighted by molar-refractivity contribution is 5.36.